The number of carbonyl (C=O) groups excluding carboxylic acids is 4. The Morgan fingerprint density at radius 2 is 1.00 bits per heavy atom. The minimum Gasteiger partial charge on any atom is -0.497 e. The summed E-state index contributed by atoms with van der Waals surface area (Å²) < 4.78 is 5.15. The molecule has 0 saturated heterocycles. The third kappa shape index (κ3) is 8.83. The van der Waals surface area contributed by atoms with Crippen LogP contribution in [0.25, 0.3) is 0 Å². The van der Waals surface area contributed by atoms with Gasteiger partial charge in [0.15, 0.2) is 0 Å². The van der Waals surface area contributed by atoms with E-state index in [0.717, 1.165) is 92.3 Å². The van der Waals surface area contributed by atoms with E-state index in [1.165, 1.54) is 0 Å². The molecule has 2 spiro atoms. The maximum atomic E-state index is 13.3. The zero-order valence-electron chi connectivity index (χ0n) is 32.7. The van der Waals surface area contributed by atoms with Crippen molar-refractivity contribution < 1.29 is 23.9 Å². The molecule has 2 heterocycles. The summed E-state index contributed by atoms with van der Waals surface area (Å²) in [5.41, 5.74) is 3.93. The van der Waals surface area contributed by atoms with Crippen LogP contribution in [-0.2, 0) is 19.2 Å². The van der Waals surface area contributed by atoms with Gasteiger partial charge in [0.25, 0.3) is 11.8 Å². The van der Waals surface area contributed by atoms with Gasteiger partial charge in [0.05, 0.1) is 7.11 Å². The van der Waals surface area contributed by atoms with Gasteiger partial charge in [-0.05, 0) is 94.7 Å². The number of ether oxygens (including phenoxy) is 1. The SMILES string of the molecule is COc1ccc(NC(=O)CN2C(=O)C(c3ccc(C)cc3)=NC23CCCCC3)cc1.O=C(CN1C(=O)C(c2ccccc2)=NC12CCCCC2)Nc1ccccc1. The number of hydrogen-bond acceptors (Lipinski definition) is 7. The molecule has 0 unspecified atom stereocenters. The van der Waals surface area contributed by atoms with E-state index < -0.39 is 11.3 Å². The summed E-state index contributed by atoms with van der Waals surface area (Å²) in [5.74, 6) is -0.000190. The van der Waals surface area contributed by atoms with Crippen LogP contribution < -0.4 is 15.4 Å². The van der Waals surface area contributed by atoms with Crippen molar-refractivity contribution in [2.24, 2.45) is 9.98 Å². The van der Waals surface area contributed by atoms with Gasteiger partial charge in [-0.2, -0.15) is 0 Å². The number of nitrogens with zero attached hydrogens (tertiary/aromatic N) is 4. The van der Waals surface area contributed by atoms with E-state index >= 15 is 0 Å². The van der Waals surface area contributed by atoms with Gasteiger partial charge in [0, 0.05) is 22.5 Å². The molecule has 11 nitrogen and oxygen atoms in total. The summed E-state index contributed by atoms with van der Waals surface area (Å²) in [6, 6.07) is 33.8. The number of anilines is 2. The second kappa shape index (κ2) is 17.4. The molecule has 294 valence electrons. The highest BCUT2D eigenvalue weighted by molar-refractivity contribution is 6.47. The van der Waals surface area contributed by atoms with Gasteiger partial charge in [-0.25, -0.2) is 0 Å². The molecule has 0 atom stereocenters. The van der Waals surface area contributed by atoms with E-state index in [4.69, 9.17) is 14.7 Å². The Morgan fingerprint density at radius 3 is 1.46 bits per heavy atom. The molecule has 0 bridgehead atoms. The topological polar surface area (TPSA) is 133 Å². The molecule has 2 N–H and O–H groups in total. The Balaban J connectivity index is 0.000000175. The van der Waals surface area contributed by atoms with Crippen molar-refractivity contribution in [2.45, 2.75) is 82.5 Å². The molecule has 57 heavy (non-hydrogen) atoms. The van der Waals surface area contributed by atoms with Crippen molar-refractivity contribution in [1.82, 2.24) is 9.80 Å². The second-order valence-corrected chi connectivity index (χ2v) is 15.2. The smallest absolute Gasteiger partial charge is 0.275 e. The van der Waals surface area contributed by atoms with Crippen molar-refractivity contribution in [3.63, 3.8) is 0 Å². The first-order valence-corrected chi connectivity index (χ1v) is 19.9. The predicted octanol–water partition coefficient (Wildman–Crippen LogP) is 7.55. The predicted molar refractivity (Wildman–Crippen MR) is 222 cm³/mol. The van der Waals surface area contributed by atoms with Crippen LogP contribution in [0, 0.1) is 6.92 Å². The van der Waals surface area contributed by atoms with E-state index in [2.05, 4.69) is 10.6 Å². The average Bonchev–Trinajstić information content (AvgIpc) is 3.64. The van der Waals surface area contributed by atoms with Crippen LogP contribution in [0.5, 0.6) is 5.75 Å². The molecule has 2 saturated carbocycles. The lowest BCUT2D eigenvalue weighted by atomic mass is 9.88. The molecule has 2 aliphatic carbocycles. The average molecular weight is 767 g/mol. The number of rotatable bonds is 9. The highest BCUT2D eigenvalue weighted by Gasteiger charge is 2.49. The van der Waals surface area contributed by atoms with Crippen LogP contribution in [0.2, 0.25) is 0 Å². The molecule has 2 fully saturated rings. The number of aryl methyl sites for hydroxylation is 1. The lowest BCUT2D eigenvalue weighted by molar-refractivity contribution is -0.134. The maximum absolute atomic E-state index is 13.3. The Kier molecular flexibility index (Phi) is 11.9. The lowest BCUT2D eigenvalue weighted by Gasteiger charge is -2.38. The highest BCUT2D eigenvalue weighted by Crippen LogP contribution is 2.41. The lowest BCUT2D eigenvalue weighted by Crippen LogP contribution is -2.51. The number of amides is 4. The first-order chi connectivity index (χ1) is 27.7. The van der Waals surface area contributed by atoms with Crippen molar-refractivity contribution in [2.75, 3.05) is 30.8 Å². The Morgan fingerprint density at radius 1 is 0.579 bits per heavy atom. The van der Waals surface area contributed by atoms with Gasteiger partial charge in [-0.3, -0.25) is 29.2 Å². The summed E-state index contributed by atoms with van der Waals surface area (Å²) in [4.78, 5) is 65.1. The number of aliphatic imine (C=N–C) groups is 2. The fourth-order valence-corrected chi connectivity index (χ4v) is 8.27. The van der Waals surface area contributed by atoms with Crippen LogP contribution >= 0.6 is 0 Å². The van der Waals surface area contributed by atoms with Gasteiger partial charge in [0.2, 0.25) is 11.8 Å². The second-order valence-electron chi connectivity index (χ2n) is 15.2. The molecule has 2 aliphatic heterocycles. The molecule has 4 aliphatic rings. The summed E-state index contributed by atoms with van der Waals surface area (Å²) in [6.07, 6.45) is 9.57. The van der Waals surface area contributed by atoms with Crippen LogP contribution in [0.4, 0.5) is 11.4 Å². The fourth-order valence-electron chi connectivity index (χ4n) is 8.27. The molecule has 4 amide bonds. The van der Waals surface area contributed by atoms with E-state index in [0.29, 0.717) is 17.1 Å². The largest absolute Gasteiger partial charge is 0.497 e. The molecular weight excluding hydrogens is 717 g/mol. The molecule has 8 rings (SSSR count). The number of para-hydroxylation sites is 1. The number of nitrogens with one attached hydrogen (secondary N) is 2. The monoisotopic (exact) mass is 766 g/mol. The third-order valence-electron chi connectivity index (χ3n) is 11.3. The Labute approximate surface area is 334 Å². The fraction of sp³-hybridized carbons (Fsp3) is 0.348. The van der Waals surface area contributed by atoms with Crippen molar-refractivity contribution in [3.8, 4) is 5.75 Å². The molecule has 0 aromatic heterocycles. The van der Waals surface area contributed by atoms with Crippen LogP contribution in [0.3, 0.4) is 0 Å². The van der Waals surface area contributed by atoms with Gasteiger partial charge in [-0.15, -0.1) is 0 Å². The van der Waals surface area contributed by atoms with Gasteiger partial charge >= 0.3 is 0 Å². The zero-order valence-corrected chi connectivity index (χ0v) is 32.7. The number of carbonyl (C=O) groups is 4. The van der Waals surface area contributed by atoms with Crippen LogP contribution in [0.1, 0.15) is 80.9 Å². The molecular formula is C46H50N6O5. The van der Waals surface area contributed by atoms with Crippen molar-refractivity contribution in [3.05, 3.63) is 126 Å². The summed E-state index contributed by atoms with van der Waals surface area (Å²) in [6.45, 7) is 2.03. The van der Waals surface area contributed by atoms with E-state index in [-0.39, 0.29) is 36.7 Å². The van der Waals surface area contributed by atoms with E-state index in [9.17, 15) is 19.2 Å². The Bertz CT molecular complexity index is 2120. The molecule has 4 aromatic carbocycles. The number of hydrogen-bond donors (Lipinski definition) is 2. The molecule has 4 aromatic rings. The van der Waals surface area contributed by atoms with Crippen LogP contribution in [-0.4, -0.2) is 76.4 Å². The van der Waals surface area contributed by atoms with Gasteiger partial charge < -0.3 is 25.2 Å². The molecule has 0 radical (unpaired) electrons. The van der Waals surface area contributed by atoms with Crippen molar-refractivity contribution in [1.29, 1.82) is 0 Å². The van der Waals surface area contributed by atoms with Gasteiger partial charge in [0.1, 0.15) is 41.6 Å². The normalized spacial score (nSPS) is 18.1. The minimum absolute atomic E-state index is 0.0102. The molecule has 11 heteroatoms. The quantitative estimate of drug-likeness (QED) is 0.182. The summed E-state index contributed by atoms with van der Waals surface area (Å²) in [7, 11) is 1.60. The maximum Gasteiger partial charge on any atom is 0.275 e. The van der Waals surface area contributed by atoms with Crippen LogP contribution in [0.15, 0.2) is 119 Å². The Hall–Kier alpha value is -6.10. The highest BCUT2D eigenvalue weighted by atomic mass is 16.5. The van der Waals surface area contributed by atoms with Crippen molar-refractivity contribution >= 4 is 46.4 Å². The summed E-state index contributed by atoms with van der Waals surface area (Å²) >= 11 is 0. The van der Waals surface area contributed by atoms with Gasteiger partial charge in [-0.1, -0.05) is 91.2 Å². The number of methoxy groups -OCH3 is 1. The summed E-state index contributed by atoms with van der Waals surface area (Å²) in [5, 5.41) is 5.77. The number of benzene rings is 4. The first kappa shape index (κ1) is 39.1. The standard InChI is InChI=1S/C24H27N3O3.C22H23N3O2/c1-17-6-8-18(9-7-17)22-23(29)27(24(26-22)14-4-3-5-15-24)16-21(28)25-19-10-12-20(30-2)13-11-19;26-19(23-18-12-6-2-7-13-18)16-25-21(27)20(17-10-4-1-5-11-17)24-22(25)14-8-3-9-15-22/h6-13H,3-5,14-16H2,1-2H3,(H,25,28);1-2,4-7,10-13H,3,8-9,14-16H2,(H,23,26). The zero-order chi connectivity index (χ0) is 39.8. The minimum atomic E-state index is -0.604. The third-order valence-corrected chi connectivity index (χ3v) is 11.3. The first-order valence-electron chi connectivity index (χ1n) is 19.9. The van der Waals surface area contributed by atoms with E-state index in [1.54, 1.807) is 41.2 Å². The van der Waals surface area contributed by atoms with E-state index in [1.807, 2.05) is 91.9 Å².